The van der Waals surface area contributed by atoms with E-state index in [2.05, 4.69) is 5.32 Å². The second-order valence-electron chi connectivity index (χ2n) is 6.45. The van der Waals surface area contributed by atoms with Gasteiger partial charge < -0.3 is 15.0 Å². The molecule has 142 valence electrons. The number of amides is 1. The van der Waals surface area contributed by atoms with Crippen LogP contribution in [0.4, 0.5) is 0 Å². The molecule has 1 aromatic heterocycles. The Balaban J connectivity index is 1.53. The van der Waals surface area contributed by atoms with Crippen molar-refractivity contribution in [1.29, 1.82) is 0 Å². The molecule has 3 aromatic rings. The fourth-order valence-corrected chi connectivity index (χ4v) is 4.16. The van der Waals surface area contributed by atoms with Crippen molar-refractivity contribution in [2.45, 2.75) is 17.4 Å². The summed E-state index contributed by atoms with van der Waals surface area (Å²) in [4.78, 5) is 12.2. The number of aromatic nitrogens is 1. The molecular weight excluding hydrogens is 364 g/mol. The van der Waals surface area contributed by atoms with E-state index in [9.17, 15) is 18.3 Å². The molecule has 2 aromatic carbocycles. The lowest BCUT2D eigenvalue weighted by atomic mass is 10.1. The summed E-state index contributed by atoms with van der Waals surface area (Å²) in [6, 6.07) is 15.6. The number of fused-ring (bicyclic) bond motifs is 1. The molecule has 7 heteroatoms. The van der Waals surface area contributed by atoms with Crippen molar-refractivity contribution in [2.75, 3.05) is 12.3 Å². The SMILES string of the molecule is Cn1ccc2cc([C@@H](O)CNC(=O)CCS(=O)(=O)c3ccccc3)ccc21. The molecule has 0 saturated carbocycles. The Morgan fingerprint density at radius 3 is 2.63 bits per heavy atom. The highest BCUT2D eigenvalue weighted by molar-refractivity contribution is 7.91. The minimum atomic E-state index is -3.49. The van der Waals surface area contributed by atoms with Gasteiger partial charge in [-0.3, -0.25) is 4.79 Å². The van der Waals surface area contributed by atoms with E-state index in [1.807, 2.05) is 42.1 Å². The van der Waals surface area contributed by atoms with Gasteiger partial charge in [0.2, 0.25) is 5.91 Å². The van der Waals surface area contributed by atoms with E-state index in [1.54, 1.807) is 18.2 Å². The van der Waals surface area contributed by atoms with Crippen LogP contribution in [-0.2, 0) is 21.7 Å². The Morgan fingerprint density at radius 1 is 1.15 bits per heavy atom. The lowest BCUT2D eigenvalue weighted by Gasteiger charge is -2.13. The average molecular weight is 386 g/mol. The normalized spacial score (nSPS) is 12.8. The predicted molar refractivity (Wildman–Crippen MR) is 104 cm³/mol. The van der Waals surface area contributed by atoms with Gasteiger partial charge >= 0.3 is 0 Å². The summed E-state index contributed by atoms with van der Waals surface area (Å²) in [6.45, 7) is 0.0303. The van der Waals surface area contributed by atoms with Gasteiger partial charge in [0.15, 0.2) is 9.84 Å². The molecule has 0 fully saturated rings. The van der Waals surface area contributed by atoms with Crippen molar-refractivity contribution in [1.82, 2.24) is 9.88 Å². The first kappa shape index (κ1) is 19.1. The molecule has 0 saturated heterocycles. The third kappa shape index (κ3) is 4.56. The van der Waals surface area contributed by atoms with Crippen LogP contribution in [0.2, 0.25) is 0 Å². The van der Waals surface area contributed by atoms with Gasteiger partial charge in [-0.2, -0.15) is 0 Å². The molecule has 0 bridgehead atoms. The van der Waals surface area contributed by atoms with Gasteiger partial charge in [-0.05, 0) is 41.3 Å². The van der Waals surface area contributed by atoms with Crippen molar-refractivity contribution in [3.63, 3.8) is 0 Å². The van der Waals surface area contributed by atoms with Crippen LogP contribution in [0.25, 0.3) is 10.9 Å². The van der Waals surface area contributed by atoms with Crippen LogP contribution in [0.1, 0.15) is 18.1 Å². The standard InChI is InChI=1S/C20H22N2O4S/c1-22-11-9-15-13-16(7-8-18(15)22)19(23)14-21-20(24)10-12-27(25,26)17-5-3-2-4-6-17/h2-9,11,13,19,23H,10,12,14H2,1H3,(H,21,24)/t19-/m0/s1. The van der Waals surface area contributed by atoms with E-state index in [1.165, 1.54) is 12.1 Å². The van der Waals surface area contributed by atoms with Crippen molar-refractivity contribution in [2.24, 2.45) is 7.05 Å². The van der Waals surface area contributed by atoms with Gasteiger partial charge in [0.1, 0.15) is 0 Å². The van der Waals surface area contributed by atoms with E-state index in [0.29, 0.717) is 5.56 Å². The molecule has 0 radical (unpaired) electrons. The van der Waals surface area contributed by atoms with Crippen molar-refractivity contribution in [3.05, 3.63) is 66.4 Å². The van der Waals surface area contributed by atoms with Gasteiger partial charge in [0.05, 0.1) is 16.8 Å². The van der Waals surface area contributed by atoms with Gasteiger partial charge in [-0.1, -0.05) is 24.3 Å². The molecule has 0 aliphatic rings. The highest BCUT2D eigenvalue weighted by Crippen LogP contribution is 2.20. The molecule has 27 heavy (non-hydrogen) atoms. The molecule has 3 rings (SSSR count). The first-order valence-corrected chi connectivity index (χ1v) is 10.3. The minimum Gasteiger partial charge on any atom is -0.387 e. The summed E-state index contributed by atoms with van der Waals surface area (Å²) >= 11 is 0. The summed E-state index contributed by atoms with van der Waals surface area (Å²) in [7, 11) is -1.55. The van der Waals surface area contributed by atoms with Crippen LogP contribution in [0, 0.1) is 0 Å². The second-order valence-corrected chi connectivity index (χ2v) is 8.56. The topological polar surface area (TPSA) is 88.4 Å². The Hall–Kier alpha value is -2.64. The van der Waals surface area contributed by atoms with Crippen LogP contribution in [-0.4, -0.2) is 36.3 Å². The smallest absolute Gasteiger partial charge is 0.221 e. The average Bonchev–Trinajstić information content (AvgIpc) is 3.05. The molecule has 1 atom stereocenters. The number of hydrogen-bond acceptors (Lipinski definition) is 4. The van der Waals surface area contributed by atoms with Crippen molar-refractivity contribution in [3.8, 4) is 0 Å². The van der Waals surface area contributed by atoms with E-state index in [0.717, 1.165) is 10.9 Å². The number of benzene rings is 2. The molecule has 1 heterocycles. The van der Waals surface area contributed by atoms with Crippen molar-refractivity contribution >= 4 is 26.6 Å². The molecule has 0 aliphatic carbocycles. The summed E-state index contributed by atoms with van der Waals surface area (Å²) in [5, 5.41) is 13.9. The number of nitrogens with zero attached hydrogens (tertiary/aromatic N) is 1. The molecular formula is C20H22N2O4S. The summed E-state index contributed by atoms with van der Waals surface area (Å²) in [6.07, 6.45) is 0.932. The number of hydrogen-bond donors (Lipinski definition) is 2. The number of sulfone groups is 1. The monoisotopic (exact) mass is 386 g/mol. The number of aliphatic hydroxyl groups is 1. The van der Waals surface area contributed by atoms with Crippen LogP contribution < -0.4 is 5.32 Å². The number of aryl methyl sites for hydroxylation is 1. The maximum absolute atomic E-state index is 12.2. The Kier molecular flexibility index (Phi) is 5.62. The molecule has 1 amide bonds. The number of carbonyl (C=O) groups excluding carboxylic acids is 1. The first-order chi connectivity index (χ1) is 12.9. The summed E-state index contributed by atoms with van der Waals surface area (Å²) in [5.74, 6) is -0.677. The first-order valence-electron chi connectivity index (χ1n) is 8.64. The Morgan fingerprint density at radius 2 is 1.89 bits per heavy atom. The highest BCUT2D eigenvalue weighted by atomic mass is 32.2. The number of carbonyl (C=O) groups is 1. The molecule has 2 N–H and O–H groups in total. The lowest BCUT2D eigenvalue weighted by molar-refractivity contribution is -0.121. The quantitative estimate of drug-likeness (QED) is 0.652. The van der Waals surface area contributed by atoms with Gasteiger partial charge in [0, 0.05) is 31.7 Å². The highest BCUT2D eigenvalue weighted by Gasteiger charge is 2.17. The Labute approximate surface area is 158 Å². The maximum atomic E-state index is 12.2. The molecule has 6 nitrogen and oxygen atoms in total. The maximum Gasteiger partial charge on any atom is 0.221 e. The third-order valence-electron chi connectivity index (χ3n) is 4.49. The van der Waals surface area contributed by atoms with Crippen LogP contribution in [0.15, 0.2) is 65.7 Å². The summed E-state index contributed by atoms with van der Waals surface area (Å²) < 4.78 is 26.4. The second kappa shape index (κ2) is 7.94. The Bertz CT molecular complexity index is 1040. The number of aliphatic hydroxyl groups excluding tert-OH is 1. The van der Waals surface area contributed by atoms with Crippen LogP contribution in [0.5, 0.6) is 0 Å². The van der Waals surface area contributed by atoms with Gasteiger partial charge in [-0.25, -0.2) is 8.42 Å². The third-order valence-corrected chi connectivity index (χ3v) is 6.22. The fraction of sp³-hybridized carbons (Fsp3) is 0.250. The van der Waals surface area contributed by atoms with Crippen molar-refractivity contribution < 1.29 is 18.3 Å². The molecule has 0 unspecified atom stereocenters. The molecule has 0 aliphatic heterocycles. The zero-order chi connectivity index (χ0) is 19.4. The predicted octanol–water partition coefficient (Wildman–Crippen LogP) is 2.19. The number of rotatable bonds is 7. The van der Waals surface area contributed by atoms with Gasteiger partial charge in [0.25, 0.3) is 0 Å². The number of nitrogens with one attached hydrogen (secondary N) is 1. The molecule has 0 spiro atoms. The zero-order valence-corrected chi connectivity index (χ0v) is 15.8. The van der Waals surface area contributed by atoms with E-state index in [-0.39, 0.29) is 23.6 Å². The van der Waals surface area contributed by atoms with E-state index < -0.39 is 21.8 Å². The largest absolute Gasteiger partial charge is 0.387 e. The van der Waals surface area contributed by atoms with E-state index >= 15 is 0 Å². The fourth-order valence-electron chi connectivity index (χ4n) is 2.90. The van der Waals surface area contributed by atoms with Gasteiger partial charge in [-0.15, -0.1) is 0 Å². The van der Waals surface area contributed by atoms with E-state index in [4.69, 9.17) is 0 Å². The zero-order valence-electron chi connectivity index (χ0n) is 15.0. The van der Waals surface area contributed by atoms with Crippen LogP contribution >= 0.6 is 0 Å². The van der Waals surface area contributed by atoms with Crippen LogP contribution in [0.3, 0.4) is 0 Å². The minimum absolute atomic E-state index is 0.0303. The summed E-state index contributed by atoms with van der Waals surface area (Å²) in [5.41, 5.74) is 1.76. The lowest BCUT2D eigenvalue weighted by Crippen LogP contribution is -2.29.